The molecule has 0 aromatic carbocycles. The van der Waals surface area contributed by atoms with Gasteiger partial charge in [0.25, 0.3) is 0 Å². The molecule has 0 saturated carbocycles. The summed E-state index contributed by atoms with van der Waals surface area (Å²) >= 11 is 8.39. The minimum absolute atomic E-state index is 0.608. The highest BCUT2D eigenvalue weighted by molar-refractivity contribution is 9.11. The van der Waals surface area contributed by atoms with Gasteiger partial charge < -0.3 is 5.73 Å². The highest BCUT2D eigenvalue weighted by Gasteiger charge is 2.01. The van der Waals surface area contributed by atoms with E-state index in [1.54, 1.807) is 11.3 Å². The molecule has 1 aromatic rings. The van der Waals surface area contributed by atoms with E-state index in [0.717, 1.165) is 8.26 Å². The fourth-order valence-electron chi connectivity index (χ4n) is 0.515. The van der Waals surface area contributed by atoms with Crippen molar-refractivity contribution in [1.82, 2.24) is 0 Å². The number of thiophene rings is 1. The van der Waals surface area contributed by atoms with E-state index >= 15 is 0 Å². The lowest BCUT2D eigenvalue weighted by Crippen LogP contribution is -1.92. The first kappa shape index (κ1) is 7.72. The van der Waals surface area contributed by atoms with Crippen LogP contribution in [0.2, 0.25) is 0 Å². The fraction of sp³-hybridized carbons (Fsp3) is 0.200. The number of halogens is 2. The molecule has 50 valence electrons. The number of hydrogen-bond acceptors (Lipinski definition) is 2. The van der Waals surface area contributed by atoms with Crippen LogP contribution >= 0.6 is 43.2 Å². The Morgan fingerprint density at radius 3 is 2.44 bits per heavy atom. The van der Waals surface area contributed by atoms with Gasteiger partial charge in [0.05, 0.1) is 3.79 Å². The Morgan fingerprint density at radius 1 is 1.56 bits per heavy atom. The van der Waals surface area contributed by atoms with E-state index in [1.807, 2.05) is 6.07 Å². The van der Waals surface area contributed by atoms with Gasteiger partial charge in [0.15, 0.2) is 0 Å². The van der Waals surface area contributed by atoms with Gasteiger partial charge in [-0.1, -0.05) is 0 Å². The molecule has 0 spiro atoms. The largest absolute Gasteiger partial charge is 0.326 e. The Morgan fingerprint density at radius 2 is 2.22 bits per heavy atom. The lowest BCUT2D eigenvalue weighted by Gasteiger charge is -1.86. The number of rotatable bonds is 1. The van der Waals surface area contributed by atoms with Gasteiger partial charge in [-0.3, -0.25) is 0 Å². The summed E-state index contributed by atoms with van der Waals surface area (Å²) < 4.78 is 2.22. The Hall–Kier alpha value is 0.620. The number of nitrogens with two attached hydrogens (primary N) is 1. The summed E-state index contributed by atoms with van der Waals surface area (Å²) in [6.07, 6.45) is 0. The molecule has 0 aliphatic carbocycles. The maximum Gasteiger partial charge on any atom is 0.0713 e. The molecule has 1 aromatic heterocycles. The zero-order chi connectivity index (χ0) is 6.85. The van der Waals surface area contributed by atoms with Gasteiger partial charge in [-0.05, 0) is 37.9 Å². The van der Waals surface area contributed by atoms with E-state index in [2.05, 4.69) is 31.9 Å². The summed E-state index contributed by atoms with van der Waals surface area (Å²) in [6.45, 7) is 0.608. The van der Waals surface area contributed by atoms with Crippen molar-refractivity contribution in [3.05, 3.63) is 19.2 Å². The molecule has 1 heterocycles. The first-order valence-electron chi connectivity index (χ1n) is 2.38. The summed E-state index contributed by atoms with van der Waals surface area (Å²) in [5.41, 5.74) is 5.42. The zero-order valence-electron chi connectivity index (χ0n) is 4.53. The molecule has 0 aliphatic rings. The van der Waals surface area contributed by atoms with E-state index in [-0.39, 0.29) is 0 Å². The number of hydrogen-bond donors (Lipinski definition) is 1. The van der Waals surface area contributed by atoms with Crippen molar-refractivity contribution >= 4 is 43.2 Å². The standard InChI is InChI=1S/C5H5Br2NS/c6-3-1-5(7)9-4(3)2-8/h1H,2,8H2. The normalized spacial score (nSPS) is 10.1. The van der Waals surface area contributed by atoms with Gasteiger partial charge in [-0.15, -0.1) is 11.3 Å². The van der Waals surface area contributed by atoms with Crippen molar-refractivity contribution < 1.29 is 0 Å². The van der Waals surface area contributed by atoms with E-state index in [9.17, 15) is 0 Å². The van der Waals surface area contributed by atoms with Gasteiger partial charge in [-0.2, -0.15) is 0 Å². The third kappa shape index (κ3) is 1.77. The lowest BCUT2D eigenvalue weighted by atomic mass is 10.5. The van der Waals surface area contributed by atoms with Crippen LogP contribution in [-0.2, 0) is 6.54 Å². The van der Waals surface area contributed by atoms with Crippen LogP contribution in [0.1, 0.15) is 4.88 Å². The van der Waals surface area contributed by atoms with Crippen LogP contribution in [0.4, 0.5) is 0 Å². The van der Waals surface area contributed by atoms with Gasteiger partial charge in [0.1, 0.15) is 0 Å². The Kier molecular flexibility index (Phi) is 2.70. The molecule has 0 amide bonds. The maximum absolute atomic E-state index is 5.42. The van der Waals surface area contributed by atoms with E-state index in [1.165, 1.54) is 4.88 Å². The SMILES string of the molecule is NCc1sc(Br)cc1Br. The minimum Gasteiger partial charge on any atom is -0.326 e. The monoisotopic (exact) mass is 269 g/mol. The summed E-state index contributed by atoms with van der Waals surface area (Å²) in [6, 6.07) is 2.01. The third-order valence-corrected chi connectivity index (χ3v) is 3.54. The molecule has 9 heavy (non-hydrogen) atoms. The van der Waals surface area contributed by atoms with E-state index < -0.39 is 0 Å². The van der Waals surface area contributed by atoms with E-state index in [0.29, 0.717) is 6.54 Å². The topological polar surface area (TPSA) is 26.0 Å². The van der Waals surface area contributed by atoms with Crippen molar-refractivity contribution in [2.24, 2.45) is 5.73 Å². The van der Waals surface area contributed by atoms with Crippen molar-refractivity contribution in [2.45, 2.75) is 6.54 Å². The van der Waals surface area contributed by atoms with Gasteiger partial charge in [0, 0.05) is 15.9 Å². The smallest absolute Gasteiger partial charge is 0.0713 e. The molecule has 0 atom stereocenters. The van der Waals surface area contributed by atoms with Crippen molar-refractivity contribution in [3.63, 3.8) is 0 Å². The molecule has 0 saturated heterocycles. The van der Waals surface area contributed by atoms with Gasteiger partial charge in [-0.25, -0.2) is 0 Å². The van der Waals surface area contributed by atoms with Crippen LogP contribution in [0.3, 0.4) is 0 Å². The molecule has 2 N–H and O–H groups in total. The molecular weight excluding hydrogens is 266 g/mol. The molecular formula is C5H5Br2NS. The molecule has 0 fully saturated rings. The molecule has 1 nitrogen and oxygen atoms in total. The average Bonchev–Trinajstić information content (AvgIpc) is 2.10. The summed E-state index contributed by atoms with van der Waals surface area (Å²) in [5.74, 6) is 0. The van der Waals surface area contributed by atoms with Crippen LogP contribution in [0.25, 0.3) is 0 Å². The minimum atomic E-state index is 0.608. The Bertz CT molecular complexity index is 209. The van der Waals surface area contributed by atoms with E-state index in [4.69, 9.17) is 5.73 Å². The Balaban J connectivity index is 3.01. The quantitative estimate of drug-likeness (QED) is 0.835. The first-order chi connectivity index (χ1) is 4.24. The van der Waals surface area contributed by atoms with Crippen LogP contribution in [0, 0.1) is 0 Å². The molecule has 0 bridgehead atoms. The maximum atomic E-state index is 5.42. The Labute approximate surface area is 74.5 Å². The third-order valence-electron chi connectivity index (χ3n) is 0.913. The predicted molar refractivity (Wildman–Crippen MR) is 47.6 cm³/mol. The van der Waals surface area contributed by atoms with Crippen LogP contribution in [0.15, 0.2) is 14.3 Å². The van der Waals surface area contributed by atoms with Crippen molar-refractivity contribution in [1.29, 1.82) is 0 Å². The second-order valence-corrected chi connectivity index (χ2v) is 4.90. The summed E-state index contributed by atoms with van der Waals surface area (Å²) in [7, 11) is 0. The van der Waals surface area contributed by atoms with Crippen molar-refractivity contribution in [2.75, 3.05) is 0 Å². The van der Waals surface area contributed by atoms with Crippen molar-refractivity contribution in [3.8, 4) is 0 Å². The molecule has 4 heteroatoms. The first-order valence-corrected chi connectivity index (χ1v) is 4.78. The average molecular weight is 271 g/mol. The summed E-state index contributed by atoms with van der Waals surface area (Å²) in [5, 5.41) is 0. The zero-order valence-corrected chi connectivity index (χ0v) is 8.51. The van der Waals surface area contributed by atoms with Crippen LogP contribution in [-0.4, -0.2) is 0 Å². The van der Waals surface area contributed by atoms with Crippen LogP contribution in [0.5, 0.6) is 0 Å². The molecule has 0 radical (unpaired) electrons. The molecule has 0 unspecified atom stereocenters. The lowest BCUT2D eigenvalue weighted by molar-refractivity contribution is 1.10. The summed E-state index contributed by atoms with van der Waals surface area (Å²) in [4.78, 5) is 1.18. The van der Waals surface area contributed by atoms with Gasteiger partial charge in [0.2, 0.25) is 0 Å². The fourth-order valence-corrected chi connectivity index (χ4v) is 3.07. The molecule has 0 aliphatic heterocycles. The highest BCUT2D eigenvalue weighted by atomic mass is 79.9. The second-order valence-electron chi connectivity index (χ2n) is 1.53. The molecule has 1 rings (SSSR count). The second kappa shape index (κ2) is 3.14. The highest BCUT2D eigenvalue weighted by Crippen LogP contribution is 2.30. The predicted octanol–water partition coefficient (Wildman–Crippen LogP) is 2.73. The van der Waals surface area contributed by atoms with Crippen LogP contribution < -0.4 is 5.73 Å². The van der Waals surface area contributed by atoms with Gasteiger partial charge >= 0.3 is 0 Å².